The molecular formula is C9H8Cl2OS. The Bertz CT molecular complexity index is 366. The number of carbonyl (C=O) groups is 1. The fourth-order valence-corrected chi connectivity index (χ4v) is 2.69. The van der Waals surface area contributed by atoms with Crippen LogP contribution in [0.5, 0.6) is 0 Å². The van der Waals surface area contributed by atoms with Gasteiger partial charge >= 0.3 is 0 Å². The van der Waals surface area contributed by atoms with Gasteiger partial charge in [0.25, 0.3) is 0 Å². The Kier molecular flexibility index (Phi) is 2.17. The first kappa shape index (κ1) is 9.50. The Morgan fingerprint density at radius 2 is 2.15 bits per heavy atom. The maximum absolute atomic E-state index is 11.8. The third kappa shape index (κ3) is 1.63. The largest absolute Gasteiger partial charge is 0.293 e. The molecule has 4 heteroatoms. The molecule has 1 aliphatic rings. The summed E-state index contributed by atoms with van der Waals surface area (Å²) in [6.45, 7) is 1.97. The summed E-state index contributed by atoms with van der Waals surface area (Å²) in [5, 5.41) is 0. The third-order valence-corrected chi connectivity index (χ3v) is 3.94. The maximum atomic E-state index is 11.8. The smallest absolute Gasteiger partial charge is 0.171 e. The van der Waals surface area contributed by atoms with E-state index in [0.29, 0.717) is 14.2 Å². The van der Waals surface area contributed by atoms with Crippen LogP contribution in [0.3, 0.4) is 0 Å². The highest BCUT2D eigenvalue weighted by atomic mass is 35.5. The van der Waals surface area contributed by atoms with E-state index in [1.54, 1.807) is 6.07 Å². The molecule has 1 aromatic heterocycles. The number of Topliss-reactive ketones (excluding diaryl/α,β-unsaturated/α-hetero) is 1. The van der Waals surface area contributed by atoms with Crippen molar-refractivity contribution >= 4 is 40.3 Å². The van der Waals surface area contributed by atoms with E-state index in [1.165, 1.54) is 11.3 Å². The normalized spacial score (nSPS) is 18.7. The third-order valence-electron chi connectivity index (χ3n) is 2.45. The van der Waals surface area contributed by atoms with Gasteiger partial charge in [-0.05, 0) is 18.9 Å². The van der Waals surface area contributed by atoms with Gasteiger partial charge in [0, 0.05) is 11.0 Å². The number of hydrogen-bond acceptors (Lipinski definition) is 2. The first-order chi connectivity index (χ1) is 6.03. The van der Waals surface area contributed by atoms with Crippen LogP contribution in [0.1, 0.15) is 30.1 Å². The fourth-order valence-electron chi connectivity index (χ4n) is 1.23. The first-order valence-corrected chi connectivity index (χ1v) is 5.60. The van der Waals surface area contributed by atoms with Crippen molar-refractivity contribution in [2.45, 2.75) is 19.8 Å². The van der Waals surface area contributed by atoms with Gasteiger partial charge in [-0.3, -0.25) is 4.79 Å². The van der Waals surface area contributed by atoms with Crippen LogP contribution in [0.4, 0.5) is 0 Å². The number of carbonyl (C=O) groups excluding carboxylic acids is 1. The summed E-state index contributed by atoms with van der Waals surface area (Å²) in [5.41, 5.74) is 0.435. The summed E-state index contributed by atoms with van der Waals surface area (Å²) in [4.78, 5) is 11.8. The first-order valence-electron chi connectivity index (χ1n) is 4.02. The van der Waals surface area contributed by atoms with Crippen molar-refractivity contribution in [3.05, 3.63) is 20.3 Å². The molecule has 1 heterocycles. The Morgan fingerprint density at radius 3 is 2.54 bits per heavy atom. The minimum absolute atomic E-state index is 0.139. The summed E-state index contributed by atoms with van der Waals surface area (Å²) in [6, 6.07) is 1.67. The van der Waals surface area contributed by atoms with Crippen molar-refractivity contribution < 1.29 is 4.79 Å². The summed E-state index contributed by atoms with van der Waals surface area (Å²) >= 11 is 12.9. The molecule has 1 aromatic rings. The lowest BCUT2D eigenvalue weighted by Crippen LogP contribution is -2.11. The standard InChI is InChI=1S/C9H8Cl2OS/c1-9(2-3-9)7(12)5-4-6(10)13-8(5)11/h4H,2-3H2,1H3. The van der Waals surface area contributed by atoms with Gasteiger partial charge in [0.05, 0.1) is 4.34 Å². The summed E-state index contributed by atoms with van der Waals surface area (Å²) < 4.78 is 1.10. The SMILES string of the molecule is CC1(C(=O)c2cc(Cl)sc2Cl)CC1. The second kappa shape index (κ2) is 2.97. The minimum Gasteiger partial charge on any atom is -0.293 e. The average Bonchev–Trinajstić information content (AvgIpc) is 2.71. The average molecular weight is 235 g/mol. The van der Waals surface area contributed by atoms with Gasteiger partial charge in [0.2, 0.25) is 0 Å². The van der Waals surface area contributed by atoms with Crippen molar-refractivity contribution in [3.63, 3.8) is 0 Å². The number of ketones is 1. The molecule has 1 saturated carbocycles. The molecule has 0 spiro atoms. The van der Waals surface area contributed by atoms with E-state index in [0.717, 1.165) is 12.8 Å². The molecule has 0 unspecified atom stereocenters. The number of rotatable bonds is 2. The molecule has 0 amide bonds. The molecule has 0 saturated heterocycles. The van der Waals surface area contributed by atoms with Gasteiger partial charge in [-0.2, -0.15) is 0 Å². The van der Waals surface area contributed by atoms with E-state index in [2.05, 4.69) is 0 Å². The zero-order chi connectivity index (χ0) is 9.64. The molecule has 0 N–H and O–H groups in total. The molecule has 0 radical (unpaired) electrons. The van der Waals surface area contributed by atoms with Gasteiger partial charge in [0.15, 0.2) is 5.78 Å². The van der Waals surface area contributed by atoms with Crippen molar-refractivity contribution in [1.29, 1.82) is 0 Å². The summed E-state index contributed by atoms with van der Waals surface area (Å²) in [6.07, 6.45) is 1.94. The minimum atomic E-state index is -0.159. The van der Waals surface area contributed by atoms with Crippen LogP contribution in [0.25, 0.3) is 0 Å². The van der Waals surface area contributed by atoms with Crippen LogP contribution < -0.4 is 0 Å². The van der Waals surface area contributed by atoms with E-state index in [1.807, 2.05) is 6.92 Å². The van der Waals surface area contributed by atoms with Crippen LogP contribution in [0, 0.1) is 5.41 Å². The number of hydrogen-bond donors (Lipinski definition) is 0. The van der Waals surface area contributed by atoms with E-state index < -0.39 is 0 Å². The molecular weight excluding hydrogens is 227 g/mol. The molecule has 1 nitrogen and oxygen atoms in total. The van der Waals surface area contributed by atoms with E-state index in [9.17, 15) is 4.79 Å². The Balaban J connectivity index is 2.35. The monoisotopic (exact) mass is 234 g/mol. The van der Waals surface area contributed by atoms with Gasteiger partial charge in [-0.15, -0.1) is 11.3 Å². The Hall–Kier alpha value is -0.0500. The summed E-state index contributed by atoms with van der Waals surface area (Å²) in [5.74, 6) is 0.139. The topological polar surface area (TPSA) is 17.1 Å². The van der Waals surface area contributed by atoms with Crippen molar-refractivity contribution in [2.75, 3.05) is 0 Å². The zero-order valence-corrected chi connectivity index (χ0v) is 9.39. The van der Waals surface area contributed by atoms with Gasteiger partial charge in [-0.1, -0.05) is 30.1 Å². The zero-order valence-electron chi connectivity index (χ0n) is 7.06. The number of thiophene rings is 1. The molecule has 0 aromatic carbocycles. The maximum Gasteiger partial charge on any atom is 0.171 e. The highest BCUT2D eigenvalue weighted by Crippen LogP contribution is 2.49. The van der Waals surface area contributed by atoms with E-state index in [4.69, 9.17) is 23.2 Å². The molecule has 0 atom stereocenters. The highest BCUT2D eigenvalue weighted by Gasteiger charge is 2.45. The summed E-state index contributed by atoms with van der Waals surface area (Å²) in [7, 11) is 0. The molecule has 0 bridgehead atoms. The Morgan fingerprint density at radius 1 is 1.54 bits per heavy atom. The molecule has 13 heavy (non-hydrogen) atoms. The van der Waals surface area contributed by atoms with Crippen molar-refractivity contribution in [1.82, 2.24) is 0 Å². The molecule has 2 rings (SSSR count). The van der Waals surface area contributed by atoms with Crippen molar-refractivity contribution in [3.8, 4) is 0 Å². The molecule has 1 aliphatic carbocycles. The number of halogens is 2. The quantitative estimate of drug-likeness (QED) is 0.707. The van der Waals surface area contributed by atoms with E-state index in [-0.39, 0.29) is 11.2 Å². The van der Waals surface area contributed by atoms with Crippen LogP contribution in [0.2, 0.25) is 8.67 Å². The fraction of sp³-hybridized carbons (Fsp3) is 0.444. The van der Waals surface area contributed by atoms with Crippen LogP contribution in [-0.4, -0.2) is 5.78 Å². The van der Waals surface area contributed by atoms with Crippen LogP contribution in [-0.2, 0) is 0 Å². The van der Waals surface area contributed by atoms with Crippen LogP contribution >= 0.6 is 34.5 Å². The lowest BCUT2D eigenvalue weighted by atomic mass is 9.99. The van der Waals surface area contributed by atoms with E-state index >= 15 is 0 Å². The van der Waals surface area contributed by atoms with Crippen LogP contribution in [0.15, 0.2) is 6.07 Å². The predicted molar refractivity (Wildman–Crippen MR) is 56.0 cm³/mol. The second-order valence-corrected chi connectivity index (χ2v) is 5.91. The molecule has 70 valence electrons. The highest BCUT2D eigenvalue weighted by molar-refractivity contribution is 7.20. The van der Waals surface area contributed by atoms with Gasteiger partial charge in [-0.25, -0.2) is 0 Å². The lowest BCUT2D eigenvalue weighted by molar-refractivity contribution is 0.0913. The molecule has 0 aliphatic heterocycles. The second-order valence-electron chi connectivity index (χ2n) is 3.63. The Labute approximate surface area is 90.7 Å². The predicted octanol–water partition coefficient (Wildman–Crippen LogP) is 4.04. The van der Waals surface area contributed by atoms with Gasteiger partial charge in [0.1, 0.15) is 4.34 Å². The lowest BCUT2D eigenvalue weighted by Gasteiger charge is -2.04. The van der Waals surface area contributed by atoms with Crippen molar-refractivity contribution in [2.24, 2.45) is 5.41 Å². The molecule has 1 fully saturated rings. The van der Waals surface area contributed by atoms with Gasteiger partial charge < -0.3 is 0 Å².